The molecule has 2 amide bonds. The molecule has 0 unspecified atom stereocenters. The number of aliphatic hydroxyl groups is 1. The van der Waals surface area contributed by atoms with Crippen LogP contribution in [0.5, 0.6) is 0 Å². The van der Waals surface area contributed by atoms with E-state index in [0.29, 0.717) is 36.4 Å². The maximum atomic E-state index is 13.2. The standard InChI is InChI=1S/C35H50BClN4O7/c1-21(34(46)40-29(7-5-6-16-38)31(44)18-22(2)36(4)48)17-32(45)33(23(3)42)41-35(47)27(20-39)19-30(43)26-10-8-24(9-11-26)25-12-14-28(37)15-13-25/h8-15,21-23,27,29,33,42,48H,5-7,16-20,38-39H2,1-4H3,(H,40,46)(H,41,47)/t21-,22-,23-,27+,29+,33+/m1/s1. The van der Waals surface area contributed by atoms with Crippen molar-refractivity contribution in [1.29, 1.82) is 0 Å². The van der Waals surface area contributed by atoms with Crippen molar-refractivity contribution in [2.45, 2.75) is 90.1 Å². The number of nitrogens with one attached hydrogen (secondary N) is 2. The topological polar surface area (TPSA) is 202 Å². The molecule has 2 rings (SSSR count). The van der Waals surface area contributed by atoms with E-state index in [-0.39, 0.29) is 43.2 Å². The minimum atomic E-state index is -1.34. The molecule has 0 aromatic heterocycles. The van der Waals surface area contributed by atoms with Gasteiger partial charge in [-0.3, -0.25) is 24.0 Å². The minimum Gasteiger partial charge on any atom is -0.450 e. The van der Waals surface area contributed by atoms with Gasteiger partial charge < -0.3 is 32.2 Å². The Balaban J connectivity index is 2.03. The molecule has 13 heteroatoms. The predicted octanol–water partition coefficient (Wildman–Crippen LogP) is 3.19. The third-order valence-electron chi connectivity index (χ3n) is 8.55. The van der Waals surface area contributed by atoms with Crippen LogP contribution in [-0.2, 0) is 19.2 Å². The van der Waals surface area contributed by atoms with Crippen LogP contribution in [0.15, 0.2) is 48.5 Å². The lowest BCUT2D eigenvalue weighted by Gasteiger charge is -2.25. The number of amides is 2. The summed E-state index contributed by atoms with van der Waals surface area (Å²) in [6.07, 6.45) is -0.0994. The third-order valence-corrected chi connectivity index (χ3v) is 8.80. The number of benzene rings is 2. The Morgan fingerprint density at radius 3 is 1.92 bits per heavy atom. The van der Waals surface area contributed by atoms with Gasteiger partial charge in [0.15, 0.2) is 17.3 Å². The molecule has 0 bridgehead atoms. The summed E-state index contributed by atoms with van der Waals surface area (Å²) >= 11 is 5.96. The van der Waals surface area contributed by atoms with Gasteiger partial charge in [0.1, 0.15) is 6.04 Å². The van der Waals surface area contributed by atoms with Crippen LogP contribution in [0.2, 0.25) is 17.7 Å². The van der Waals surface area contributed by atoms with Gasteiger partial charge in [-0.25, -0.2) is 0 Å². The first-order valence-corrected chi connectivity index (χ1v) is 16.9. The van der Waals surface area contributed by atoms with Crippen molar-refractivity contribution in [3.05, 3.63) is 59.1 Å². The predicted molar refractivity (Wildman–Crippen MR) is 189 cm³/mol. The summed E-state index contributed by atoms with van der Waals surface area (Å²) < 4.78 is 0. The van der Waals surface area contributed by atoms with E-state index >= 15 is 0 Å². The van der Waals surface area contributed by atoms with Crippen molar-refractivity contribution in [2.24, 2.45) is 23.3 Å². The highest BCUT2D eigenvalue weighted by Crippen LogP contribution is 2.23. The van der Waals surface area contributed by atoms with Crippen molar-refractivity contribution >= 4 is 47.7 Å². The van der Waals surface area contributed by atoms with E-state index in [1.54, 1.807) is 50.1 Å². The van der Waals surface area contributed by atoms with Crippen LogP contribution in [-0.4, -0.2) is 77.5 Å². The zero-order chi connectivity index (χ0) is 36.0. The number of aliphatic hydroxyl groups excluding tert-OH is 1. The van der Waals surface area contributed by atoms with Gasteiger partial charge in [0, 0.05) is 42.3 Å². The van der Waals surface area contributed by atoms with Crippen LogP contribution >= 0.6 is 11.6 Å². The Kier molecular flexibility index (Phi) is 17.1. The van der Waals surface area contributed by atoms with Crippen LogP contribution in [0.1, 0.15) is 69.7 Å². The molecule has 48 heavy (non-hydrogen) atoms. The average molecular weight is 685 g/mol. The van der Waals surface area contributed by atoms with Crippen LogP contribution < -0.4 is 22.1 Å². The fourth-order valence-electron chi connectivity index (χ4n) is 5.13. The molecular weight excluding hydrogens is 635 g/mol. The van der Waals surface area contributed by atoms with E-state index in [1.165, 1.54) is 13.8 Å². The Bertz CT molecular complexity index is 1370. The number of unbranched alkanes of at least 4 members (excludes halogenated alkanes) is 1. The molecular formula is C35H50BClN4O7. The van der Waals surface area contributed by atoms with Gasteiger partial charge in [0.25, 0.3) is 6.92 Å². The number of hydrogen-bond acceptors (Lipinski definition) is 9. The van der Waals surface area contributed by atoms with Crippen molar-refractivity contribution in [3.63, 3.8) is 0 Å². The molecule has 262 valence electrons. The number of ketones is 3. The highest BCUT2D eigenvalue weighted by Gasteiger charge is 2.32. The van der Waals surface area contributed by atoms with E-state index in [9.17, 15) is 34.1 Å². The summed E-state index contributed by atoms with van der Waals surface area (Å²) in [6, 6.07) is 12.0. The van der Waals surface area contributed by atoms with Gasteiger partial charge in [-0.2, -0.15) is 0 Å². The number of halogens is 1. The van der Waals surface area contributed by atoms with E-state index < -0.39 is 54.5 Å². The largest absolute Gasteiger partial charge is 0.450 e. The first kappa shape index (κ1) is 40.8. The maximum absolute atomic E-state index is 13.2. The van der Waals surface area contributed by atoms with E-state index in [2.05, 4.69) is 10.6 Å². The Hall–Kier alpha value is -3.42. The van der Waals surface area contributed by atoms with Gasteiger partial charge >= 0.3 is 0 Å². The molecule has 8 N–H and O–H groups in total. The molecule has 0 saturated heterocycles. The van der Waals surface area contributed by atoms with Crippen LogP contribution in [0.3, 0.4) is 0 Å². The van der Waals surface area contributed by atoms with E-state index in [1.807, 2.05) is 12.1 Å². The smallest absolute Gasteiger partial charge is 0.289 e. The van der Waals surface area contributed by atoms with Crippen molar-refractivity contribution in [3.8, 4) is 11.1 Å². The average Bonchev–Trinajstić information content (AvgIpc) is 3.05. The summed E-state index contributed by atoms with van der Waals surface area (Å²) in [4.78, 5) is 65.5. The van der Waals surface area contributed by atoms with E-state index in [0.717, 1.165) is 11.1 Å². The zero-order valence-corrected chi connectivity index (χ0v) is 29.0. The van der Waals surface area contributed by atoms with Crippen molar-refractivity contribution < 1.29 is 34.1 Å². The molecule has 2 aromatic carbocycles. The highest BCUT2D eigenvalue weighted by molar-refractivity contribution is 6.50. The molecule has 0 fully saturated rings. The monoisotopic (exact) mass is 684 g/mol. The first-order valence-electron chi connectivity index (χ1n) is 16.5. The fourth-order valence-corrected chi connectivity index (χ4v) is 5.25. The quantitative estimate of drug-likeness (QED) is 0.0649. The Morgan fingerprint density at radius 1 is 0.812 bits per heavy atom. The van der Waals surface area contributed by atoms with Gasteiger partial charge in [-0.1, -0.05) is 68.7 Å². The molecule has 0 spiro atoms. The van der Waals surface area contributed by atoms with E-state index in [4.69, 9.17) is 23.1 Å². The minimum absolute atomic E-state index is 0.0776. The normalized spacial score (nSPS) is 14.9. The Morgan fingerprint density at radius 2 is 1.40 bits per heavy atom. The van der Waals surface area contributed by atoms with Gasteiger partial charge in [0.05, 0.1) is 18.1 Å². The molecule has 0 aliphatic rings. The highest BCUT2D eigenvalue weighted by atomic mass is 35.5. The van der Waals surface area contributed by atoms with Crippen molar-refractivity contribution in [2.75, 3.05) is 13.1 Å². The van der Waals surface area contributed by atoms with Gasteiger partial charge in [0.2, 0.25) is 11.8 Å². The molecule has 0 aliphatic carbocycles. The summed E-state index contributed by atoms with van der Waals surface area (Å²) in [5.41, 5.74) is 13.6. The second-order valence-corrected chi connectivity index (χ2v) is 13.1. The zero-order valence-electron chi connectivity index (χ0n) is 28.3. The number of Topliss-reactive ketones (excluding diaryl/α,β-unsaturated/α-hetero) is 3. The molecule has 0 aliphatic heterocycles. The summed E-state index contributed by atoms with van der Waals surface area (Å²) in [7, 11) is 0. The molecule has 0 saturated carbocycles. The maximum Gasteiger partial charge on any atom is 0.289 e. The van der Waals surface area contributed by atoms with Crippen molar-refractivity contribution in [1.82, 2.24) is 10.6 Å². The molecule has 6 atom stereocenters. The number of hydrogen-bond donors (Lipinski definition) is 6. The molecule has 0 radical (unpaired) electrons. The fraction of sp³-hybridized carbons (Fsp3) is 0.514. The lowest BCUT2D eigenvalue weighted by Crippen LogP contribution is -2.51. The van der Waals surface area contributed by atoms with Crippen LogP contribution in [0.25, 0.3) is 11.1 Å². The second kappa shape index (κ2) is 20.2. The number of carbonyl (C=O) groups excluding carboxylic acids is 5. The lowest BCUT2D eigenvalue weighted by atomic mass is 9.58. The lowest BCUT2D eigenvalue weighted by molar-refractivity contribution is -0.135. The van der Waals surface area contributed by atoms with Gasteiger partial charge in [-0.15, -0.1) is 0 Å². The molecule has 2 aromatic rings. The van der Waals surface area contributed by atoms with Gasteiger partial charge in [-0.05, 0) is 61.8 Å². The summed E-state index contributed by atoms with van der Waals surface area (Å²) in [5, 5.41) is 26.1. The second-order valence-electron chi connectivity index (χ2n) is 12.7. The number of rotatable bonds is 21. The third kappa shape index (κ3) is 12.9. The first-order chi connectivity index (χ1) is 22.7. The van der Waals surface area contributed by atoms with Crippen LogP contribution in [0.4, 0.5) is 0 Å². The van der Waals surface area contributed by atoms with Crippen LogP contribution in [0, 0.1) is 11.8 Å². The summed E-state index contributed by atoms with van der Waals surface area (Å²) in [5.74, 6) is -4.46. The number of nitrogens with two attached hydrogens (primary N) is 2. The molecule has 0 heterocycles. The number of carbonyl (C=O) groups is 5. The Labute approximate surface area is 288 Å². The molecule has 11 nitrogen and oxygen atoms in total. The SMILES string of the molecule is CB(O)[C@H](C)CC(=O)[C@H](CCCCN)NC(=O)[C@H](C)CC(=O)[C@@H](NC(=O)[C@H](CN)CC(=O)c1ccc(-c2ccc(Cl)cc2)cc1)[C@@H](C)O. The summed E-state index contributed by atoms with van der Waals surface area (Å²) in [6.45, 7) is 5.78.